The van der Waals surface area contributed by atoms with E-state index in [0.29, 0.717) is 11.3 Å². The van der Waals surface area contributed by atoms with Gasteiger partial charge in [0.1, 0.15) is 29.2 Å². The molecule has 4 aromatic rings. The van der Waals surface area contributed by atoms with Crippen molar-refractivity contribution in [2.24, 2.45) is 0 Å². The molecule has 0 atom stereocenters. The van der Waals surface area contributed by atoms with Gasteiger partial charge in [0.2, 0.25) is 5.88 Å². The summed E-state index contributed by atoms with van der Waals surface area (Å²) >= 11 is 0. The maximum Gasteiger partial charge on any atom is 0.248 e. The van der Waals surface area contributed by atoms with Gasteiger partial charge in [0.05, 0.1) is 5.69 Å². The van der Waals surface area contributed by atoms with Crippen LogP contribution in [-0.4, -0.2) is 15.0 Å². The maximum absolute atomic E-state index is 13.9. The van der Waals surface area contributed by atoms with E-state index in [1.165, 1.54) is 6.33 Å². The Morgan fingerprint density at radius 3 is 2.75 bits per heavy atom. The van der Waals surface area contributed by atoms with Gasteiger partial charge in [-0.2, -0.15) is 4.98 Å². The highest BCUT2D eigenvalue weighted by Gasteiger charge is 2.14. The van der Waals surface area contributed by atoms with E-state index in [-0.39, 0.29) is 23.1 Å². The number of benzene rings is 2. The van der Waals surface area contributed by atoms with E-state index in [9.17, 15) is 8.78 Å². The van der Waals surface area contributed by atoms with E-state index in [4.69, 9.17) is 10.5 Å². The van der Waals surface area contributed by atoms with Gasteiger partial charge >= 0.3 is 0 Å². The van der Waals surface area contributed by atoms with Crippen LogP contribution in [0.4, 0.5) is 26.0 Å². The van der Waals surface area contributed by atoms with Crippen molar-refractivity contribution in [1.29, 1.82) is 0 Å². The van der Waals surface area contributed by atoms with Gasteiger partial charge in [-0.05, 0) is 31.2 Å². The number of anilines is 3. The second-order valence-corrected chi connectivity index (χ2v) is 6.07. The minimum Gasteiger partial charge on any atom is -0.435 e. The first-order valence-electron chi connectivity index (χ1n) is 8.38. The van der Waals surface area contributed by atoms with Crippen molar-refractivity contribution < 1.29 is 13.5 Å². The summed E-state index contributed by atoms with van der Waals surface area (Å²) < 4.78 is 33.2. The van der Waals surface area contributed by atoms with Gasteiger partial charge in [-0.3, -0.25) is 0 Å². The van der Waals surface area contributed by atoms with Gasteiger partial charge in [0, 0.05) is 17.1 Å². The average Bonchev–Trinajstić information content (AvgIpc) is 2.68. The number of nitrogens with one attached hydrogen (secondary N) is 1. The van der Waals surface area contributed by atoms with Crippen LogP contribution >= 0.6 is 0 Å². The Balaban J connectivity index is 1.70. The zero-order chi connectivity index (χ0) is 19.7. The Labute approximate surface area is 159 Å². The van der Waals surface area contributed by atoms with Crippen molar-refractivity contribution in [3.8, 4) is 11.6 Å². The summed E-state index contributed by atoms with van der Waals surface area (Å²) in [7, 11) is 0. The predicted molar refractivity (Wildman–Crippen MR) is 103 cm³/mol. The number of nitrogens with two attached hydrogens (primary N) is 1. The van der Waals surface area contributed by atoms with E-state index in [1.54, 1.807) is 6.07 Å². The van der Waals surface area contributed by atoms with E-state index in [0.717, 1.165) is 29.3 Å². The molecule has 28 heavy (non-hydrogen) atoms. The zero-order valence-corrected chi connectivity index (χ0v) is 14.8. The first kappa shape index (κ1) is 17.6. The largest absolute Gasteiger partial charge is 0.435 e. The summed E-state index contributed by atoms with van der Waals surface area (Å²) in [6.07, 6.45) is 1.22. The summed E-state index contributed by atoms with van der Waals surface area (Å²) in [6, 6.07) is 12.4. The molecule has 0 bridgehead atoms. The molecule has 0 aliphatic carbocycles. The number of ether oxygens (including phenoxy) is 1. The number of pyridine rings is 1. The van der Waals surface area contributed by atoms with Crippen LogP contribution in [0.25, 0.3) is 10.9 Å². The number of hydrogen-bond donors (Lipinski definition) is 2. The number of aromatic nitrogens is 3. The lowest BCUT2D eigenvalue weighted by molar-refractivity contribution is 0.468. The number of fused-ring (bicyclic) bond motifs is 1. The molecule has 0 amide bonds. The highest BCUT2D eigenvalue weighted by Crippen LogP contribution is 2.34. The first-order chi connectivity index (χ1) is 13.5. The van der Waals surface area contributed by atoms with Crippen molar-refractivity contribution in [2.45, 2.75) is 6.92 Å². The number of aryl methyl sites for hydroxylation is 1. The van der Waals surface area contributed by atoms with Gasteiger partial charge in [-0.15, -0.1) is 0 Å². The van der Waals surface area contributed by atoms with E-state index < -0.39 is 11.6 Å². The van der Waals surface area contributed by atoms with Gasteiger partial charge in [0.25, 0.3) is 0 Å². The molecule has 140 valence electrons. The number of rotatable bonds is 4. The van der Waals surface area contributed by atoms with E-state index >= 15 is 0 Å². The lowest BCUT2D eigenvalue weighted by Crippen LogP contribution is -2.04. The third kappa shape index (κ3) is 3.39. The third-order valence-corrected chi connectivity index (χ3v) is 4.06. The van der Waals surface area contributed by atoms with Crippen LogP contribution in [-0.2, 0) is 0 Å². The number of nitrogen functional groups attached to an aromatic ring is 1. The monoisotopic (exact) mass is 379 g/mol. The molecule has 0 saturated heterocycles. The fourth-order valence-electron chi connectivity index (χ4n) is 2.69. The second-order valence-electron chi connectivity index (χ2n) is 6.07. The quantitative estimate of drug-likeness (QED) is 0.533. The van der Waals surface area contributed by atoms with Crippen molar-refractivity contribution in [3.63, 3.8) is 0 Å². The van der Waals surface area contributed by atoms with Crippen LogP contribution in [0.3, 0.4) is 0 Å². The van der Waals surface area contributed by atoms with E-state index in [1.807, 2.05) is 31.2 Å². The minimum atomic E-state index is -0.643. The Morgan fingerprint density at radius 1 is 1.04 bits per heavy atom. The molecular formula is C20H15F2N5O. The molecule has 0 saturated carbocycles. The topological polar surface area (TPSA) is 86.0 Å². The van der Waals surface area contributed by atoms with Gasteiger partial charge in [-0.1, -0.05) is 18.2 Å². The van der Waals surface area contributed by atoms with E-state index in [2.05, 4.69) is 20.3 Å². The average molecular weight is 379 g/mol. The fourth-order valence-corrected chi connectivity index (χ4v) is 2.69. The van der Waals surface area contributed by atoms with Gasteiger partial charge in [0.15, 0.2) is 11.6 Å². The molecule has 0 aliphatic rings. The maximum atomic E-state index is 13.9. The van der Waals surface area contributed by atoms with Crippen molar-refractivity contribution in [2.75, 3.05) is 11.1 Å². The summed E-state index contributed by atoms with van der Waals surface area (Å²) in [5.74, 6) is -0.598. The van der Waals surface area contributed by atoms with Crippen LogP contribution < -0.4 is 15.8 Å². The Bertz CT molecular complexity index is 1180. The number of para-hydroxylation sites is 1. The molecule has 2 heterocycles. The van der Waals surface area contributed by atoms with Gasteiger partial charge in [-0.25, -0.2) is 18.7 Å². The van der Waals surface area contributed by atoms with Crippen LogP contribution in [0.15, 0.2) is 54.9 Å². The molecule has 2 aromatic carbocycles. The Hall–Kier alpha value is -3.81. The van der Waals surface area contributed by atoms with Crippen molar-refractivity contribution >= 4 is 28.1 Å². The summed E-state index contributed by atoms with van der Waals surface area (Å²) in [4.78, 5) is 12.5. The van der Waals surface area contributed by atoms with Crippen LogP contribution in [0.1, 0.15) is 5.69 Å². The number of halogens is 2. The molecule has 4 rings (SSSR count). The second kappa shape index (κ2) is 7.07. The normalized spacial score (nSPS) is 10.8. The molecule has 0 radical (unpaired) electrons. The van der Waals surface area contributed by atoms with Crippen LogP contribution in [0.5, 0.6) is 11.6 Å². The summed E-state index contributed by atoms with van der Waals surface area (Å²) in [6.45, 7) is 1.88. The predicted octanol–water partition coefficient (Wildman–Crippen LogP) is 4.73. The summed E-state index contributed by atoms with van der Waals surface area (Å²) in [5.41, 5.74) is 7.54. The fraction of sp³-hybridized carbons (Fsp3) is 0.0500. The van der Waals surface area contributed by atoms with Crippen molar-refractivity contribution in [1.82, 2.24) is 15.0 Å². The SMILES string of the molecule is Cc1ccc2cccc(Oc3ncnc(Nc4cc(F)ccc4F)c3N)c2n1. The highest BCUT2D eigenvalue weighted by atomic mass is 19.1. The zero-order valence-electron chi connectivity index (χ0n) is 14.8. The highest BCUT2D eigenvalue weighted by molar-refractivity contribution is 5.85. The van der Waals surface area contributed by atoms with Gasteiger partial charge < -0.3 is 15.8 Å². The van der Waals surface area contributed by atoms with Crippen LogP contribution in [0, 0.1) is 18.6 Å². The number of nitrogens with zero attached hydrogens (tertiary/aromatic N) is 3. The van der Waals surface area contributed by atoms with Crippen molar-refractivity contribution in [3.05, 3.63) is 72.2 Å². The van der Waals surface area contributed by atoms with Crippen LogP contribution in [0.2, 0.25) is 0 Å². The Kier molecular flexibility index (Phi) is 4.44. The third-order valence-electron chi connectivity index (χ3n) is 4.06. The standard InChI is InChI=1S/C20H15F2N5O/c1-11-5-6-12-3-2-4-16(18(12)26-11)28-20-17(23)19(24-10-25-20)27-15-9-13(21)7-8-14(15)22/h2-10H,23H2,1H3,(H,24,25,27). The molecule has 3 N–H and O–H groups in total. The summed E-state index contributed by atoms with van der Waals surface area (Å²) in [5, 5.41) is 3.57. The molecule has 0 aliphatic heterocycles. The minimum absolute atomic E-state index is 0.0517. The molecule has 0 fully saturated rings. The lowest BCUT2D eigenvalue weighted by Gasteiger charge is -2.13. The lowest BCUT2D eigenvalue weighted by atomic mass is 10.2. The molecule has 0 spiro atoms. The first-order valence-corrected chi connectivity index (χ1v) is 8.38. The smallest absolute Gasteiger partial charge is 0.248 e. The molecule has 6 nitrogen and oxygen atoms in total. The molecular weight excluding hydrogens is 364 g/mol. The number of hydrogen-bond acceptors (Lipinski definition) is 6. The molecule has 2 aromatic heterocycles. The Morgan fingerprint density at radius 2 is 1.89 bits per heavy atom. The molecule has 8 heteroatoms. The molecule has 0 unspecified atom stereocenters.